The van der Waals surface area contributed by atoms with Gasteiger partial charge in [0.2, 0.25) is 5.91 Å². The Morgan fingerprint density at radius 2 is 2.47 bits per heavy atom. The van der Waals surface area contributed by atoms with E-state index < -0.39 is 0 Å². The fourth-order valence-electron chi connectivity index (χ4n) is 2.24. The van der Waals surface area contributed by atoms with Crippen LogP contribution in [0.5, 0.6) is 0 Å². The van der Waals surface area contributed by atoms with Crippen molar-refractivity contribution in [2.45, 2.75) is 19.0 Å². The van der Waals surface area contributed by atoms with Gasteiger partial charge in [0.25, 0.3) is 0 Å². The number of hydrogen-bond acceptors (Lipinski definition) is 3. The number of H-pyrrole nitrogens is 1. The predicted octanol–water partition coefficient (Wildman–Crippen LogP) is 0.622. The number of hydrogen-bond donors (Lipinski definition) is 2. The predicted molar refractivity (Wildman–Crippen MR) is 64.1 cm³/mol. The number of carbonyl (C=O) groups excluding carboxylic acids is 1. The second kappa shape index (κ2) is 3.85. The summed E-state index contributed by atoms with van der Waals surface area (Å²) in [5, 5.41) is 1.12. The summed E-state index contributed by atoms with van der Waals surface area (Å²) in [6.45, 7) is 1.34. The summed E-state index contributed by atoms with van der Waals surface area (Å²) in [6.07, 6.45) is 4.30. The number of carbonyl (C=O) groups is 1. The largest absolute Gasteiger partial charge is 0.356 e. The van der Waals surface area contributed by atoms with Crippen molar-refractivity contribution in [1.82, 2.24) is 14.9 Å². The minimum Gasteiger partial charge on any atom is -0.356 e. The molecule has 5 nitrogen and oxygen atoms in total. The number of likely N-dealkylation sites (tertiary alicyclic amines) is 1. The highest BCUT2D eigenvalue weighted by Crippen LogP contribution is 2.17. The van der Waals surface area contributed by atoms with Crippen LogP contribution in [0.25, 0.3) is 10.9 Å². The van der Waals surface area contributed by atoms with Gasteiger partial charge >= 0.3 is 0 Å². The van der Waals surface area contributed by atoms with Gasteiger partial charge in [0.1, 0.15) is 0 Å². The lowest BCUT2D eigenvalue weighted by Crippen LogP contribution is -2.33. The highest BCUT2D eigenvalue weighted by molar-refractivity contribution is 5.84. The smallest absolute Gasteiger partial charge is 0.239 e. The van der Waals surface area contributed by atoms with Crippen LogP contribution >= 0.6 is 0 Å². The van der Waals surface area contributed by atoms with Gasteiger partial charge in [-0.3, -0.25) is 9.78 Å². The number of rotatable bonds is 2. The molecule has 1 saturated heterocycles. The van der Waals surface area contributed by atoms with Gasteiger partial charge < -0.3 is 15.6 Å². The van der Waals surface area contributed by atoms with E-state index in [0.29, 0.717) is 6.54 Å². The van der Waals surface area contributed by atoms with Crippen molar-refractivity contribution in [3.8, 4) is 0 Å². The van der Waals surface area contributed by atoms with Crippen LogP contribution in [0, 0.1) is 0 Å². The molecule has 17 heavy (non-hydrogen) atoms. The summed E-state index contributed by atoms with van der Waals surface area (Å²) in [4.78, 5) is 20.8. The van der Waals surface area contributed by atoms with Crippen LogP contribution in [0.3, 0.4) is 0 Å². The third-order valence-corrected chi connectivity index (χ3v) is 3.18. The number of pyridine rings is 1. The highest BCUT2D eigenvalue weighted by atomic mass is 16.2. The lowest BCUT2D eigenvalue weighted by atomic mass is 10.3. The molecule has 1 amide bonds. The lowest BCUT2D eigenvalue weighted by Gasteiger charge is -2.14. The van der Waals surface area contributed by atoms with Gasteiger partial charge in [0, 0.05) is 23.8 Å². The minimum absolute atomic E-state index is 0.0433. The normalized spacial score (nSPS) is 20.4. The summed E-state index contributed by atoms with van der Waals surface area (Å²) >= 11 is 0. The van der Waals surface area contributed by atoms with E-state index in [2.05, 4.69) is 9.97 Å². The zero-order chi connectivity index (χ0) is 11.8. The van der Waals surface area contributed by atoms with Gasteiger partial charge in [0.15, 0.2) is 0 Å². The van der Waals surface area contributed by atoms with Crippen LogP contribution in [0.4, 0.5) is 0 Å². The van der Waals surface area contributed by atoms with Gasteiger partial charge in [-0.05, 0) is 18.6 Å². The van der Waals surface area contributed by atoms with E-state index in [0.717, 1.165) is 29.6 Å². The number of nitrogens with one attached hydrogen (secondary N) is 1. The molecule has 3 rings (SSSR count). The number of aromatic nitrogens is 2. The fourth-order valence-corrected chi connectivity index (χ4v) is 2.24. The Balaban J connectivity index is 1.83. The van der Waals surface area contributed by atoms with Crippen LogP contribution in [0.1, 0.15) is 12.1 Å². The molecule has 2 aromatic rings. The Morgan fingerprint density at radius 3 is 3.18 bits per heavy atom. The molecule has 3 N–H and O–H groups in total. The second-order valence-corrected chi connectivity index (χ2v) is 4.41. The summed E-state index contributed by atoms with van der Waals surface area (Å²) < 4.78 is 0. The van der Waals surface area contributed by atoms with Crippen LogP contribution in [-0.2, 0) is 11.3 Å². The van der Waals surface area contributed by atoms with Gasteiger partial charge in [0.05, 0.1) is 24.3 Å². The average molecular weight is 230 g/mol. The molecule has 1 aliphatic heterocycles. The highest BCUT2D eigenvalue weighted by Gasteiger charge is 2.28. The maximum absolute atomic E-state index is 11.7. The van der Waals surface area contributed by atoms with Crippen LogP contribution in [-0.4, -0.2) is 33.4 Å². The van der Waals surface area contributed by atoms with Crippen LogP contribution < -0.4 is 5.73 Å². The molecule has 1 atom stereocenters. The van der Waals surface area contributed by atoms with Gasteiger partial charge in [-0.15, -0.1) is 0 Å². The quantitative estimate of drug-likeness (QED) is 0.794. The fraction of sp³-hybridized carbons (Fsp3) is 0.333. The number of nitrogens with zero attached hydrogens (tertiary/aromatic N) is 2. The molecule has 1 aliphatic rings. The van der Waals surface area contributed by atoms with E-state index in [1.165, 1.54) is 0 Å². The first-order valence-electron chi connectivity index (χ1n) is 5.70. The van der Waals surface area contributed by atoms with Gasteiger partial charge in [-0.2, -0.15) is 0 Å². The zero-order valence-electron chi connectivity index (χ0n) is 9.39. The third-order valence-electron chi connectivity index (χ3n) is 3.18. The Labute approximate surface area is 98.6 Å². The number of amides is 1. The summed E-state index contributed by atoms with van der Waals surface area (Å²) in [5.41, 5.74) is 7.71. The molecule has 0 aliphatic carbocycles. The standard InChI is InChI=1S/C12H14N4O/c13-10-2-4-16(12(10)17)7-9-5-8-1-3-14-6-11(8)15-9/h1,3,5-6,10,15H,2,4,7,13H2/t10-/m0/s1. The van der Waals surface area contributed by atoms with Gasteiger partial charge in [-0.1, -0.05) is 0 Å². The zero-order valence-corrected chi connectivity index (χ0v) is 9.39. The first kappa shape index (κ1) is 10.3. The van der Waals surface area contributed by atoms with Crippen LogP contribution in [0.15, 0.2) is 24.5 Å². The average Bonchev–Trinajstić information content (AvgIpc) is 2.87. The van der Waals surface area contributed by atoms with Crippen molar-refractivity contribution in [1.29, 1.82) is 0 Å². The molecule has 0 aromatic carbocycles. The molecule has 0 saturated carbocycles. The van der Waals surface area contributed by atoms with E-state index in [-0.39, 0.29) is 11.9 Å². The molecule has 0 spiro atoms. The van der Waals surface area contributed by atoms with E-state index in [9.17, 15) is 4.79 Å². The molecular formula is C12H14N4O. The topological polar surface area (TPSA) is 75.0 Å². The summed E-state index contributed by atoms with van der Waals surface area (Å²) in [5.74, 6) is 0.0433. The van der Waals surface area contributed by atoms with Crippen molar-refractivity contribution < 1.29 is 4.79 Å². The number of fused-ring (bicyclic) bond motifs is 1. The Bertz CT molecular complexity index is 529. The number of nitrogens with two attached hydrogens (primary N) is 1. The Kier molecular flexibility index (Phi) is 2.33. The van der Waals surface area contributed by atoms with E-state index in [1.54, 1.807) is 17.3 Å². The Hall–Kier alpha value is -1.88. The summed E-state index contributed by atoms with van der Waals surface area (Å²) in [7, 11) is 0. The second-order valence-electron chi connectivity index (χ2n) is 4.41. The van der Waals surface area contributed by atoms with E-state index >= 15 is 0 Å². The maximum Gasteiger partial charge on any atom is 0.239 e. The van der Waals surface area contributed by atoms with E-state index in [1.807, 2.05) is 12.1 Å². The molecule has 1 fully saturated rings. The monoisotopic (exact) mass is 230 g/mol. The first-order valence-corrected chi connectivity index (χ1v) is 5.70. The van der Waals surface area contributed by atoms with Crippen molar-refractivity contribution in [2.75, 3.05) is 6.54 Å². The van der Waals surface area contributed by atoms with Crippen LogP contribution in [0.2, 0.25) is 0 Å². The molecule has 0 radical (unpaired) electrons. The molecular weight excluding hydrogens is 216 g/mol. The minimum atomic E-state index is -0.318. The van der Waals surface area contributed by atoms with E-state index in [4.69, 9.17) is 5.73 Å². The van der Waals surface area contributed by atoms with Crippen molar-refractivity contribution in [3.63, 3.8) is 0 Å². The molecule has 0 unspecified atom stereocenters. The first-order chi connectivity index (χ1) is 8.24. The number of aromatic amines is 1. The van der Waals surface area contributed by atoms with Crippen molar-refractivity contribution in [3.05, 3.63) is 30.2 Å². The molecule has 3 heterocycles. The lowest BCUT2D eigenvalue weighted by molar-refractivity contribution is -0.129. The summed E-state index contributed by atoms with van der Waals surface area (Å²) in [6, 6.07) is 3.68. The van der Waals surface area contributed by atoms with Gasteiger partial charge in [-0.25, -0.2) is 0 Å². The van der Waals surface area contributed by atoms with Crippen molar-refractivity contribution >= 4 is 16.8 Å². The van der Waals surface area contributed by atoms with Crippen molar-refractivity contribution in [2.24, 2.45) is 5.73 Å². The third kappa shape index (κ3) is 1.78. The molecule has 2 aromatic heterocycles. The maximum atomic E-state index is 11.7. The Morgan fingerprint density at radius 1 is 1.59 bits per heavy atom. The molecule has 0 bridgehead atoms. The molecule has 5 heteroatoms. The molecule has 88 valence electrons. The SMILES string of the molecule is N[C@H]1CCN(Cc2cc3ccncc3[nH]2)C1=O.